The average Bonchev–Trinajstić information content (AvgIpc) is 3.19. The van der Waals surface area contributed by atoms with Crippen molar-refractivity contribution in [3.8, 4) is 6.07 Å². The summed E-state index contributed by atoms with van der Waals surface area (Å²) < 4.78 is 13.3. The Balaban J connectivity index is 1.32. The number of allylic oxidation sites excluding steroid dienone is 3. The van der Waals surface area contributed by atoms with E-state index >= 15 is 0 Å². The van der Waals surface area contributed by atoms with Crippen molar-refractivity contribution in [3.05, 3.63) is 58.4 Å². The van der Waals surface area contributed by atoms with E-state index in [4.69, 9.17) is 0 Å². The highest BCUT2D eigenvalue weighted by Gasteiger charge is 2.42. The first-order valence-electron chi connectivity index (χ1n) is 11.6. The van der Waals surface area contributed by atoms with Gasteiger partial charge in [0.15, 0.2) is 0 Å². The Bertz CT molecular complexity index is 956. The second-order valence-corrected chi connectivity index (χ2v) is 10.2. The highest BCUT2D eigenvalue weighted by Crippen LogP contribution is 2.43. The Kier molecular flexibility index (Phi) is 7.47. The van der Waals surface area contributed by atoms with Crippen LogP contribution in [0.4, 0.5) is 4.39 Å². The SMILES string of the molecule is CC1CC[C@@H](c2ccc(F)cc2)N1C(=O)C1CC(CSC2=C/CCCC=N/C(C#N)=C\2)C1. The van der Waals surface area contributed by atoms with Crippen LogP contribution in [-0.2, 0) is 4.79 Å². The zero-order valence-electron chi connectivity index (χ0n) is 18.5. The molecular formula is C26H30FN3OS. The molecule has 1 saturated heterocycles. The zero-order chi connectivity index (χ0) is 22.5. The van der Waals surface area contributed by atoms with E-state index in [1.54, 1.807) is 11.8 Å². The molecule has 1 aliphatic carbocycles. The van der Waals surface area contributed by atoms with Crippen LogP contribution in [0.5, 0.6) is 0 Å². The fourth-order valence-electron chi connectivity index (χ4n) is 4.87. The van der Waals surface area contributed by atoms with Gasteiger partial charge >= 0.3 is 0 Å². The van der Waals surface area contributed by atoms with Gasteiger partial charge in [-0.15, -0.1) is 11.8 Å². The van der Waals surface area contributed by atoms with Crippen molar-refractivity contribution in [1.29, 1.82) is 5.26 Å². The molecule has 0 aromatic heterocycles. The van der Waals surface area contributed by atoms with Crippen LogP contribution in [0.15, 0.2) is 52.0 Å². The van der Waals surface area contributed by atoms with Crippen molar-refractivity contribution in [1.82, 2.24) is 4.90 Å². The summed E-state index contributed by atoms with van der Waals surface area (Å²) in [6.07, 6.45) is 12.6. The molecule has 2 heterocycles. The summed E-state index contributed by atoms with van der Waals surface area (Å²) in [6, 6.07) is 9.06. The van der Waals surface area contributed by atoms with Crippen molar-refractivity contribution < 1.29 is 9.18 Å². The number of carbonyl (C=O) groups excluding carboxylic acids is 1. The summed E-state index contributed by atoms with van der Waals surface area (Å²) in [5, 5.41) is 9.26. The third-order valence-corrected chi connectivity index (χ3v) is 8.01. The number of nitriles is 1. The molecule has 0 bridgehead atoms. The zero-order valence-corrected chi connectivity index (χ0v) is 19.4. The maximum Gasteiger partial charge on any atom is 0.226 e. The van der Waals surface area contributed by atoms with Crippen LogP contribution in [0.3, 0.4) is 0 Å². The summed E-state index contributed by atoms with van der Waals surface area (Å²) in [6.45, 7) is 2.12. The normalized spacial score (nSPS) is 31.2. The van der Waals surface area contributed by atoms with Crippen LogP contribution in [0, 0.1) is 29.0 Å². The Labute approximate surface area is 194 Å². The predicted octanol–water partition coefficient (Wildman–Crippen LogP) is 6.18. The van der Waals surface area contributed by atoms with Crippen molar-refractivity contribution in [2.45, 2.75) is 64.0 Å². The fourth-order valence-corrected chi connectivity index (χ4v) is 6.01. The van der Waals surface area contributed by atoms with E-state index in [1.807, 2.05) is 24.4 Å². The molecule has 1 unspecified atom stereocenters. The monoisotopic (exact) mass is 451 g/mol. The van der Waals surface area contributed by atoms with E-state index in [9.17, 15) is 14.4 Å². The van der Waals surface area contributed by atoms with E-state index in [-0.39, 0.29) is 29.7 Å². The topological polar surface area (TPSA) is 56.5 Å². The highest BCUT2D eigenvalue weighted by molar-refractivity contribution is 8.03. The van der Waals surface area contributed by atoms with Gasteiger partial charge in [0.2, 0.25) is 5.91 Å². The Morgan fingerprint density at radius 1 is 1.25 bits per heavy atom. The van der Waals surface area contributed by atoms with Crippen molar-refractivity contribution in [2.24, 2.45) is 16.8 Å². The van der Waals surface area contributed by atoms with Crippen LogP contribution < -0.4 is 0 Å². The van der Waals surface area contributed by atoms with Crippen LogP contribution >= 0.6 is 11.8 Å². The van der Waals surface area contributed by atoms with Gasteiger partial charge in [-0.3, -0.25) is 4.79 Å². The van der Waals surface area contributed by atoms with Gasteiger partial charge < -0.3 is 4.90 Å². The van der Waals surface area contributed by atoms with Crippen molar-refractivity contribution in [3.63, 3.8) is 0 Å². The molecule has 0 N–H and O–H groups in total. The molecule has 1 amide bonds. The minimum Gasteiger partial charge on any atom is -0.333 e. The molecule has 1 saturated carbocycles. The number of amides is 1. The van der Waals surface area contributed by atoms with Crippen LogP contribution in [0.25, 0.3) is 0 Å². The fraction of sp³-hybridized carbons (Fsp3) is 0.500. The number of benzene rings is 1. The molecule has 0 radical (unpaired) electrons. The lowest BCUT2D eigenvalue weighted by molar-refractivity contribution is -0.142. The van der Waals surface area contributed by atoms with Crippen molar-refractivity contribution in [2.75, 3.05) is 5.75 Å². The molecule has 0 spiro atoms. The molecule has 3 aliphatic rings. The summed E-state index contributed by atoms with van der Waals surface area (Å²) in [4.78, 5) is 20.7. The van der Waals surface area contributed by atoms with Gasteiger partial charge in [-0.1, -0.05) is 18.2 Å². The quantitative estimate of drug-likeness (QED) is 0.537. The minimum atomic E-state index is -0.240. The van der Waals surface area contributed by atoms with Gasteiger partial charge in [-0.05, 0) is 81.6 Å². The number of likely N-dealkylation sites (tertiary alicyclic amines) is 1. The number of hydrogen-bond donors (Lipinski definition) is 0. The third kappa shape index (κ3) is 5.32. The number of nitrogens with zero attached hydrogens (tertiary/aromatic N) is 3. The number of aliphatic imine (C=N–C) groups is 1. The highest BCUT2D eigenvalue weighted by atomic mass is 32.2. The Hall–Kier alpha value is -2.39. The molecule has 6 heteroatoms. The van der Waals surface area contributed by atoms with E-state index < -0.39 is 0 Å². The van der Waals surface area contributed by atoms with Gasteiger partial charge in [0, 0.05) is 28.8 Å². The first kappa shape index (κ1) is 22.8. The lowest BCUT2D eigenvalue weighted by atomic mass is 9.75. The van der Waals surface area contributed by atoms with Crippen molar-refractivity contribution >= 4 is 23.9 Å². The minimum absolute atomic E-state index is 0.0608. The largest absolute Gasteiger partial charge is 0.333 e. The average molecular weight is 452 g/mol. The second kappa shape index (κ2) is 10.5. The van der Waals surface area contributed by atoms with Gasteiger partial charge in [-0.2, -0.15) is 5.26 Å². The van der Waals surface area contributed by atoms with Crippen LogP contribution in [-0.4, -0.2) is 28.8 Å². The first-order valence-corrected chi connectivity index (χ1v) is 12.6. The lowest BCUT2D eigenvalue weighted by Gasteiger charge is -2.40. The molecule has 2 aliphatic heterocycles. The van der Waals surface area contributed by atoms with Gasteiger partial charge in [0.05, 0.1) is 6.04 Å². The van der Waals surface area contributed by atoms with E-state index in [1.165, 1.54) is 12.1 Å². The number of hydrogen-bond acceptors (Lipinski definition) is 4. The summed E-state index contributed by atoms with van der Waals surface area (Å²) in [5.74, 6) is 1.59. The van der Waals surface area contributed by atoms with E-state index in [0.717, 1.165) is 61.2 Å². The second-order valence-electron chi connectivity index (χ2n) is 9.08. The number of carbonyl (C=O) groups is 1. The molecule has 32 heavy (non-hydrogen) atoms. The van der Waals surface area contributed by atoms with Crippen LogP contribution in [0.2, 0.25) is 0 Å². The van der Waals surface area contributed by atoms with Gasteiger partial charge in [-0.25, -0.2) is 9.38 Å². The molecule has 1 aromatic carbocycles. The van der Waals surface area contributed by atoms with E-state index in [2.05, 4.69) is 29.0 Å². The number of rotatable bonds is 5. The summed E-state index contributed by atoms with van der Waals surface area (Å²) in [7, 11) is 0. The lowest BCUT2D eigenvalue weighted by Crippen LogP contribution is -2.44. The molecule has 4 rings (SSSR count). The predicted molar refractivity (Wildman–Crippen MR) is 127 cm³/mol. The smallest absolute Gasteiger partial charge is 0.226 e. The molecule has 168 valence electrons. The Morgan fingerprint density at radius 3 is 2.78 bits per heavy atom. The number of thioether (sulfide) groups is 1. The maximum absolute atomic E-state index is 13.3. The third-order valence-electron chi connectivity index (χ3n) is 6.76. The molecule has 2 fully saturated rings. The molecule has 1 aromatic rings. The number of halogens is 1. The van der Waals surface area contributed by atoms with Crippen LogP contribution in [0.1, 0.15) is 63.5 Å². The van der Waals surface area contributed by atoms with E-state index in [0.29, 0.717) is 11.6 Å². The summed E-state index contributed by atoms with van der Waals surface area (Å²) >= 11 is 1.78. The molecule has 2 atom stereocenters. The Morgan fingerprint density at radius 2 is 2.03 bits per heavy atom. The standard InChI is InChI=1S/C26H30FN3OS/c1-18-6-11-25(20-7-9-22(27)10-8-20)30(18)26(31)21-13-19(14-21)17-32-24-5-3-2-4-12-29-23(15-24)16-28/h5,7-10,12,15,18-19,21,25H,2-4,6,11,13-14,17H2,1H3/b23-15-,24-5+,29-12?/t18?,19?,21?,25-/m0/s1. The molecule has 4 nitrogen and oxygen atoms in total. The van der Waals surface area contributed by atoms with Gasteiger partial charge in [0.25, 0.3) is 0 Å². The maximum atomic E-state index is 13.3. The first-order chi connectivity index (χ1) is 15.5. The summed E-state index contributed by atoms with van der Waals surface area (Å²) in [5.41, 5.74) is 1.49. The van der Waals surface area contributed by atoms with Gasteiger partial charge in [0.1, 0.15) is 17.6 Å². The molecular weight excluding hydrogens is 421 g/mol.